The van der Waals surface area contributed by atoms with Crippen molar-refractivity contribution in [3.05, 3.63) is 87.2 Å². The Bertz CT molecular complexity index is 987. The second kappa shape index (κ2) is 11.4. The molecule has 156 valence electrons. The van der Waals surface area contributed by atoms with Crippen LogP contribution in [0, 0.1) is 3.70 Å². The molecular formula is C18H12Br3Cl2IN6. The Morgan fingerprint density at radius 1 is 0.633 bits per heavy atom. The van der Waals surface area contributed by atoms with Crippen molar-refractivity contribution in [1.82, 2.24) is 30.0 Å². The van der Waals surface area contributed by atoms with E-state index >= 15 is 0 Å². The third-order valence-electron chi connectivity index (χ3n) is 3.63. The van der Waals surface area contributed by atoms with Gasteiger partial charge in [0.1, 0.15) is 0 Å². The summed E-state index contributed by atoms with van der Waals surface area (Å²) in [6.07, 6.45) is 0. The van der Waals surface area contributed by atoms with Crippen molar-refractivity contribution < 1.29 is 0 Å². The summed E-state index contributed by atoms with van der Waals surface area (Å²) in [5.74, 6) is 0. The molecule has 12 heteroatoms. The smallest absolute Gasteiger partial charge is 0.162 e. The predicted octanol–water partition coefficient (Wildman–Crippen LogP) is 6.85. The van der Waals surface area contributed by atoms with E-state index in [1.807, 2.05) is 48.5 Å². The van der Waals surface area contributed by atoms with Crippen molar-refractivity contribution >= 4 is 93.6 Å². The summed E-state index contributed by atoms with van der Waals surface area (Å²) in [6.45, 7) is 1.28. The van der Waals surface area contributed by atoms with Crippen LogP contribution in [0.4, 0.5) is 0 Å². The first-order valence-corrected chi connectivity index (χ1v) is 12.5. The molecule has 0 radical (unpaired) electrons. The monoisotopic (exact) mass is 746 g/mol. The minimum atomic E-state index is 0.626. The summed E-state index contributed by atoms with van der Waals surface area (Å²) in [4.78, 5) is 3.26. The average molecular weight is 750 g/mol. The molecule has 30 heavy (non-hydrogen) atoms. The van der Waals surface area contributed by atoms with E-state index in [0.717, 1.165) is 29.5 Å². The standard InChI is InChI=1S/C9H6Br2ClN3.C9H6BrClIN3/c10-8-9(11)14-15(13-8)5-6-1-3-7(12)4-2-6;10-8-9(12)14-15(13-8)5-6-1-3-7(11)4-2-6/h2*1-4H,5H2. The van der Waals surface area contributed by atoms with Gasteiger partial charge in [-0.2, -0.15) is 9.59 Å². The Hall–Kier alpha value is -0.530. The summed E-state index contributed by atoms with van der Waals surface area (Å²) < 4.78 is 3.05. The third kappa shape index (κ3) is 7.27. The second-order valence-electron chi connectivity index (χ2n) is 5.88. The number of nitrogens with zero attached hydrogens (tertiary/aromatic N) is 6. The highest BCUT2D eigenvalue weighted by Gasteiger charge is 2.06. The van der Waals surface area contributed by atoms with Gasteiger partial charge in [0.2, 0.25) is 0 Å². The molecule has 0 aliphatic heterocycles. The molecule has 0 amide bonds. The normalized spacial score (nSPS) is 10.6. The Kier molecular flexibility index (Phi) is 9.14. The fourth-order valence-electron chi connectivity index (χ4n) is 2.26. The quantitative estimate of drug-likeness (QED) is 0.214. The van der Waals surface area contributed by atoms with Crippen molar-refractivity contribution in [3.8, 4) is 0 Å². The van der Waals surface area contributed by atoms with E-state index in [1.54, 1.807) is 9.59 Å². The lowest BCUT2D eigenvalue weighted by Crippen LogP contribution is -2.03. The molecule has 0 saturated carbocycles. The Morgan fingerprint density at radius 2 is 1.00 bits per heavy atom. The second-order valence-corrected chi connectivity index (χ2v) is 10.0. The van der Waals surface area contributed by atoms with Gasteiger partial charge in [-0.1, -0.05) is 47.5 Å². The van der Waals surface area contributed by atoms with Crippen LogP contribution in [-0.2, 0) is 13.1 Å². The van der Waals surface area contributed by atoms with Gasteiger partial charge in [-0.25, -0.2) is 0 Å². The fourth-order valence-corrected chi connectivity index (χ4v) is 3.66. The summed E-state index contributed by atoms with van der Waals surface area (Å²) in [6, 6.07) is 15.3. The van der Waals surface area contributed by atoms with E-state index in [2.05, 4.69) is 90.8 Å². The van der Waals surface area contributed by atoms with Gasteiger partial charge in [0.05, 0.1) is 13.1 Å². The van der Waals surface area contributed by atoms with Gasteiger partial charge in [0.15, 0.2) is 17.5 Å². The zero-order valence-electron chi connectivity index (χ0n) is 15.0. The van der Waals surface area contributed by atoms with Gasteiger partial charge in [0, 0.05) is 10.0 Å². The predicted molar refractivity (Wildman–Crippen MR) is 137 cm³/mol. The van der Waals surface area contributed by atoms with Crippen LogP contribution in [0.5, 0.6) is 0 Å². The first-order valence-electron chi connectivity index (χ1n) is 8.31. The van der Waals surface area contributed by atoms with Gasteiger partial charge < -0.3 is 0 Å². The van der Waals surface area contributed by atoms with Crippen LogP contribution in [-0.4, -0.2) is 30.0 Å². The number of hydrogen-bond acceptors (Lipinski definition) is 4. The van der Waals surface area contributed by atoms with Crippen LogP contribution in [0.25, 0.3) is 0 Å². The molecule has 4 rings (SSSR count). The summed E-state index contributed by atoms with van der Waals surface area (Å²) >= 11 is 23.6. The van der Waals surface area contributed by atoms with Gasteiger partial charge in [-0.15, -0.1) is 20.4 Å². The number of halogens is 6. The number of rotatable bonds is 4. The van der Waals surface area contributed by atoms with Crippen molar-refractivity contribution in [2.24, 2.45) is 0 Å². The van der Waals surface area contributed by atoms with Gasteiger partial charge >= 0.3 is 0 Å². The van der Waals surface area contributed by atoms with E-state index in [-0.39, 0.29) is 0 Å². The first-order chi connectivity index (χ1) is 14.3. The number of benzene rings is 2. The summed E-state index contributed by atoms with van der Waals surface area (Å²) in [7, 11) is 0. The van der Waals surface area contributed by atoms with Crippen LogP contribution in [0.3, 0.4) is 0 Å². The highest BCUT2D eigenvalue weighted by atomic mass is 127. The molecule has 2 heterocycles. The maximum atomic E-state index is 5.80. The summed E-state index contributed by atoms with van der Waals surface area (Å²) in [5.41, 5.74) is 2.23. The lowest BCUT2D eigenvalue weighted by atomic mass is 10.2. The minimum Gasteiger partial charge on any atom is -0.178 e. The zero-order valence-corrected chi connectivity index (χ0v) is 23.4. The van der Waals surface area contributed by atoms with Gasteiger partial charge in [0.25, 0.3) is 0 Å². The van der Waals surface area contributed by atoms with E-state index < -0.39 is 0 Å². The lowest BCUT2D eigenvalue weighted by molar-refractivity contribution is 0.586. The van der Waals surface area contributed by atoms with E-state index in [0.29, 0.717) is 22.3 Å². The highest BCUT2D eigenvalue weighted by molar-refractivity contribution is 14.1. The van der Waals surface area contributed by atoms with Crippen molar-refractivity contribution in [3.63, 3.8) is 0 Å². The first kappa shape index (κ1) is 24.1. The van der Waals surface area contributed by atoms with E-state index in [4.69, 9.17) is 23.2 Å². The Balaban J connectivity index is 0.000000171. The largest absolute Gasteiger partial charge is 0.178 e. The maximum Gasteiger partial charge on any atom is 0.162 e. The number of hydrogen-bond donors (Lipinski definition) is 0. The van der Waals surface area contributed by atoms with Crippen molar-refractivity contribution in [2.45, 2.75) is 13.1 Å². The minimum absolute atomic E-state index is 0.626. The molecule has 0 atom stereocenters. The molecule has 0 saturated heterocycles. The molecule has 0 spiro atoms. The molecule has 0 aliphatic rings. The zero-order chi connectivity index (χ0) is 21.7. The summed E-state index contributed by atoms with van der Waals surface area (Å²) in [5, 5.41) is 18.3. The SMILES string of the molecule is Clc1ccc(Cn2nc(Br)c(Br)n2)cc1.Clc1ccc(Cn2nc(Br)c(I)n2)cc1. The van der Waals surface area contributed by atoms with Gasteiger partial charge in [-0.3, -0.25) is 0 Å². The Morgan fingerprint density at radius 3 is 1.37 bits per heavy atom. The lowest BCUT2D eigenvalue weighted by Gasteiger charge is -1.99. The molecule has 2 aromatic carbocycles. The Labute approximate surface area is 221 Å². The molecule has 4 aromatic rings. The van der Waals surface area contributed by atoms with Crippen molar-refractivity contribution in [1.29, 1.82) is 0 Å². The van der Waals surface area contributed by atoms with Gasteiger partial charge in [-0.05, 0) is 106 Å². The van der Waals surface area contributed by atoms with Crippen LogP contribution >= 0.6 is 93.6 Å². The van der Waals surface area contributed by atoms with Crippen molar-refractivity contribution in [2.75, 3.05) is 0 Å². The highest BCUT2D eigenvalue weighted by Crippen LogP contribution is 2.18. The van der Waals surface area contributed by atoms with Crippen LogP contribution < -0.4 is 0 Å². The maximum absolute atomic E-state index is 5.80. The molecule has 0 bridgehead atoms. The molecule has 0 N–H and O–H groups in total. The van der Waals surface area contributed by atoms with E-state index in [9.17, 15) is 0 Å². The molecule has 2 aromatic heterocycles. The molecule has 0 aliphatic carbocycles. The molecule has 0 unspecified atom stereocenters. The van der Waals surface area contributed by atoms with E-state index in [1.165, 1.54) is 0 Å². The number of aromatic nitrogens is 6. The third-order valence-corrected chi connectivity index (χ3v) is 7.73. The van der Waals surface area contributed by atoms with Crippen LogP contribution in [0.15, 0.2) is 62.3 Å². The topological polar surface area (TPSA) is 61.4 Å². The van der Waals surface area contributed by atoms with Crippen LogP contribution in [0.2, 0.25) is 10.0 Å². The average Bonchev–Trinajstić information content (AvgIpc) is 3.19. The molecule has 6 nitrogen and oxygen atoms in total. The molecular weight excluding hydrogens is 738 g/mol. The van der Waals surface area contributed by atoms with Crippen LogP contribution in [0.1, 0.15) is 11.1 Å². The molecule has 0 fully saturated rings. The fraction of sp³-hybridized carbons (Fsp3) is 0.111.